The van der Waals surface area contributed by atoms with Gasteiger partial charge in [-0.05, 0) is 51.9 Å². The van der Waals surface area contributed by atoms with Crippen LogP contribution in [0.25, 0.3) is 0 Å². The van der Waals surface area contributed by atoms with Crippen LogP contribution in [-0.4, -0.2) is 36.6 Å². The summed E-state index contributed by atoms with van der Waals surface area (Å²) in [5.41, 5.74) is 0. The van der Waals surface area contributed by atoms with E-state index in [9.17, 15) is 0 Å². The Bertz CT molecular complexity index is 300. The zero-order chi connectivity index (χ0) is 12.1. The van der Waals surface area contributed by atoms with Crippen LogP contribution < -0.4 is 5.32 Å². The monoisotopic (exact) mass is 236 g/mol. The van der Waals surface area contributed by atoms with Gasteiger partial charge in [-0.2, -0.15) is 0 Å². The number of hydrogen-bond donors (Lipinski definition) is 1. The maximum Gasteiger partial charge on any atom is 0.105 e. The van der Waals surface area contributed by atoms with Crippen LogP contribution in [0.4, 0.5) is 0 Å². The lowest BCUT2D eigenvalue weighted by molar-refractivity contribution is 0.161. The summed E-state index contributed by atoms with van der Waals surface area (Å²) in [6, 6.07) is 5.39. The number of nitrogens with one attached hydrogen (secondary N) is 1. The summed E-state index contributed by atoms with van der Waals surface area (Å²) in [6.07, 6.45) is 5.29. The van der Waals surface area contributed by atoms with Gasteiger partial charge in [0.1, 0.15) is 5.76 Å². The van der Waals surface area contributed by atoms with E-state index in [1.165, 1.54) is 25.9 Å². The number of hydrogen-bond acceptors (Lipinski definition) is 3. The molecule has 0 amide bonds. The highest BCUT2D eigenvalue weighted by molar-refractivity contribution is 4.98. The van der Waals surface area contributed by atoms with Crippen LogP contribution in [0.2, 0.25) is 0 Å². The molecule has 0 aliphatic carbocycles. The van der Waals surface area contributed by atoms with Crippen LogP contribution in [0.3, 0.4) is 0 Å². The van der Waals surface area contributed by atoms with Gasteiger partial charge in [-0.1, -0.05) is 0 Å². The first-order valence-electron chi connectivity index (χ1n) is 6.75. The molecule has 1 aromatic heterocycles. The van der Waals surface area contributed by atoms with Crippen molar-refractivity contribution in [1.82, 2.24) is 10.2 Å². The average molecular weight is 236 g/mol. The molecule has 2 rings (SSSR count). The summed E-state index contributed by atoms with van der Waals surface area (Å²) >= 11 is 0. The lowest BCUT2D eigenvalue weighted by Gasteiger charge is -2.35. The topological polar surface area (TPSA) is 28.4 Å². The molecule has 1 fully saturated rings. The van der Waals surface area contributed by atoms with Gasteiger partial charge in [0.05, 0.1) is 6.26 Å². The molecule has 0 spiro atoms. The Labute approximate surface area is 104 Å². The summed E-state index contributed by atoms with van der Waals surface area (Å²) in [5, 5.41) is 3.63. The average Bonchev–Trinajstić information content (AvgIpc) is 2.83. The summed E-state index contributed by atoms with van der Waals surface area (Å²) in [4.78, 5) is 2.56. The zero-order valence-electron chi connectivity index (χ0n) is 11.0. The summed E-state index contributed by atoms with van der Waals surface area (Å²) < 4.78 is 5.32. The van der Waals surface area contributed by atoms with Gasteiger partial charge in [-0.3, -0.25) is 0 Å². The molecular formula is C14H24N2O. The molecule has 0 unspecified atom stereocenters. The molecular weight excluding hydrogens is 212 g/mol. The first-order valence-corrected chi connectivity index (χ1v) is 6.75. The Morgan fingerprint density at radius 2 is 2.18 bits per heavy atom. The number of piperidine rings is 1. The van der Waals surface area contributed by atoms with Crippen molar-refractivity contribution < 1.29 is 4.42 Å². The molecule has 96 valence electrons. The molecule has 0 saturated carbocycles. The second kappa shape index (κ2) is 6.22. The third kappa shape index (κ3) is 3.86. The number of rotatable bonds is 5. The van der Waals surface area contributed by atoms with Gasteiger partial charge in [0.25, 0.3) is 0 Å². The van der Waals surface area contributed by atoms with E-state index in [-0.39, 0.29) is 0 Å². The van der Waals surface area contributed by atoms with Crippen LogP contribution in [0.1, 0.15) is 32.4 Å². The Morgan fingerprint density at radius 3 is 2.76 bits per heavy atom. The van der Waals surface area contributed by atoms with E-state index in [1.807, 2.05) is 12.1 Å². The van der Waals surface area contributed by atoms with Gasteiger partial charge < -0.3 is 14.6 Å². The van der Waals surface area contributed by atoms with Crippen molar-refractivity contribution in [2.45, 2.75) is 45.2 Å². The Kier molecular flexibility index (Phi) is 4.63. The third-order valence-corrected chi connectivity index (χ3v) is 3.64. The molecule has 2 heterocycles. The molecule has 0 radical (unpaired) electrons. The fourth-order valence-corrected chi connectivity index (χ4v) is 2.47. The van der Waals surface area contributed by atoms with Gasteiger partial charge in [0.2, 0.25) is 0 Å². The lowest BCUT2D eigenvalue weighted by atomic mass is 10.0. The van der Waals surface area contributed by atoms with Crippen LogP contribution in [0.5, 0.6) is 0 Å². The number of furan rings is 1. The minimum absolute atomic E-state index is 0.694. The predicted octanol–water partition coefficient (Wildman–Crippen LogP) is 2.28. The fourth-order valence-electron chi connectivity index (χ4n) is 2.47. The van der Waals surface area contributed by atoms with E-state index in [1.54, 1.807) is 6.26 Å². The molecule has 1 aliphatic rings. The fraction of sp³-hybridized carbons (Fsp3) is 0.714. The Balaban J connectivity index is 1.62. The SMILES string of the molecule is CC(C)N1CCC(NCCc2ccco2)CC1. The predicted molar refractivity (Wildman–Crippen MR) is 70.1 cm³/mol. The standard InChI is InChI=1S/C14H24N2O/c1-12(2)16-9-6-13(7-10-16)15-8-5-14-4-3-11-17-14/h3-4,11-13,15H,5-10H2,1-2H3. The van der Waals surface area contributed by atoms with E-state index >= 15 is 0 Å². The van der Waals surface area contributed by atoms with E-state index < -0.39 is 0 Å². The van der Waals surface area contributed by atoms with E-state index in [4.69, 9.17) is 4.42 Å². The van der Waals surface area contributed by atoms with Gasteiger partial charge in [0, 0.05) is 25.0 Å². The van der Waals surface area contributed by atoms with Crippen LogP contribution in [0.15, 0.2) is 22.8 Å². The molecule has 1 saturated heterocycles. The first kappa shape index (κ1) is 12.7. The molecule has 17 heavy (non-hydrogen) atoms. The Morgan fingerprint density at radius 1 is 1.41 bits per heavy atom. The number of likely N-dealkylation sites (tertiary alicyclic amines) is 1. The van der Waals surface area contributed by atoms with Crippen molar-refractivity contribution in [2.75, 3.05) is 19.6 Å². The summed E-state index contributed by atoms with van der Waals surface area (Å²) in [6.45, 7) is 8.06. The van der Waals surface area contributed by atoms with Crippen molar-refractivity contribution in [3.8, 4) is 0 Å². The molecule has 1 aliphatic heterocycles. The number of nitrogens with zero attached hydrogens (tertiary/aromatic N) is 1. The third-order valence-electron chi connectivity index (χ3n) is 3.64. The van der Waals surface area contributed by atoms with E-state index in [0.717, 1.165) is 18.7 Å². The largest absolute Gasteiger partial charge is 0.469 e. The molecule has 0 bridgehead atoms. The van der Waals surface area contributed by atoms with Crippen molar-refractivity contribution in [1.29, 1.82) is 0 Å². The van der Waals surface area contributed by atoms with Gasteiger partial charge in [-0.15, -0.1) is 0 Å². The van der Waals surface area contributed by atoms with E-state index in [0.29, 0.717) is 12.1 Å². The molecule has 3 nitrogen and oxygen atoms in total. The molecule has 0 atom stereocenters. The van der Waals surface area contributed by atoms with Crippen LogP contribution in [-0.2, 0) is 6.42 Å². The van der Waals surface area contributed by atoms with Gasteiger partial charge >= 0.3 is 0 Å². The van der Waals surface area contributed by atoms with Crippen LogP contribution >= 0.6 is 0 Å². The summed E-state index contributed by atoms with van der Waals surface area (Å²) in [7, 11) is 0. The Hall–Kier alpha value is -0.800. The van der Waals surface area contributed by atoms with Gasteiger partial charge in [0.15, 0.2) is 0 Å². The molecule has 0 aromatic carbocycles. The summed E-state index contributed by atoms with van der Waals surface area (Å²) in [5.74, 6) is 1.08. The second-order valence-electron chi connectivity index (χ2n) is 5.19. The lowest BCUT2D eigenvalue weighted by Crippen LogP contribution is -2.45. The highest BCUT2D eigenvalue weighted by Crippen LogP contribution is 2.12. The quantitative estimate of drug-likeness (QED) is 0.850. The maximum atomic E-state index is 5.32. The highest BCUT2D eigenvalue weighted by Gasteiger charge is 2.19. The normalized spacial score (nSPS) is 19.0. The zero-order valence-corrected chi connectivity index (χ0v) is 11.0. The minimum Gasteiger partial charge on any atom is -0.469 e. The highest BCUT2D eigenvalue weighted by atomic mass is 16.3. The smallest absolute Gasteiger partial charge is 0.105 e. The minimum atomic E-state index is 0.694. The first-order chi connectivity index (χ1) is 8.25. The van der Waals surface area contributed by atoms with Crippen molar-refractivity contribution >= 4 is 0 Å². The van der Waals surface area contributed by atoms with Crippen molar-refractivity contribution in [3.05, 3.63) is 24.2 Å². The van der Waals surface area contributed by atoms with Crippen LogP contribution in [0, 0.1) is 0 Å². The molecule has 1 aromatic rings. The van der Waals surface area contributed by atoms with E-state index in [2.05, 4.69) is 24.1 Å². The molecule has 1 N–H and O–H groups in total. The van der Waals surface area contributed by atoms with Gasteiger partial charge in [-0.25, -0.2) is 0 Å². The maximum absolute atomic E-state index is 5.32. The van der Waals surface area contributed by atoms with Crippen molar-refractivity contribution in [3.63, 3.8) is 0 Å². The van der Waals surface area contributed by atoms with Crippen molar-refractivity contribution in [2.24, 2.45) is 0 Å². The second-order valence-corrected chi connectivity index (χ2v) is 5.19. The molecule has 3 heteroatoms.